The van der Waals surface area contributed by atoms with Crippen molar-refractivity contribution in [3.05, 3.63) is 94.5 Å². The van der Waals surface area contributed by atoms with E-state index >= 15 is 0 Å². The van der Waals surface area contributed by atoms with Crippen molar-refractivity contribution in [3.63, 3.8) is 0 Å². The Kier molecular flexibility index (Phi) is 25.5. The largest absolute Gasteiger partial charge is 0.482 e. The second-order valence-electron chi connectivity index (χ2n) is 22.1. The third kappa shape index (κ3) is 18.2. The number of aliphatic carboxylic acids is 1. The van der Waals surface area contributed by atoms with E-state index in [0.29, 0.717) is 59.7 Å². The summed E-state index contributed by atoms with van der Waals surface area (Å²) in [5.74, 6) is 4.59. The van der Waals surface area contributed by atoms with Crippen LogP contribution in [0.15, 0.2) is 66.7 Å². The third-order valence-corrected chi connectivity index (χ3v) is 16.2. The van der Waals surface area contributed by atoms with Gasteiger partial charge in [-0.3, -0.25) is 0 Å². The zero-order valence-electron chi connectivity index (χ0n) is 44.1. The van der Waals surface area contributed by atoms with Crippen LogP contribution in [0, 0.1) is 47.3 Å². The van der Waals surface area contributed by atoms with Crippen LogP contribution in [0.2, 0.25) is 0 Å². The van der Waals surface area contributed by atoms with Gasteiger partial charge in [-0.25, -0.2) is 19.4 Å². The molecule has 0 aromatic heterocycles. The Morgan fingerprint density at radius 3 is 1.82 bits per heavy atom. The van der Waals surface area contributed by atoms with E-state index in [1.54, 1.807) is 0 Å². The molecule has 2 saturated carbocycles. The van der Waals surface area contributed by atoms with Gasteiger partial charge < -0.3 is 35.3 Å². The minimum absolute atomic E-state index is 0. The molecule has 0 amide bonds. The molecule has 7 rings (SSSR count). The van der Waals surface area contributed by atoms with Gasteiger partial charge in [0, 0.05) is 26.5 Å². The minimum atomic E-state index is -0.971. The van der Waals surface area contributed by atoms with Crippen LogP contribution >= 0.6 is 0 Å². The Labute approximate surface area is 445 Å². The Bertz CT molecular complexity index is 2050. The van der Waals surface area contributed by atoms with Crippen molar-refractivity contribution in [2.24, 2.45) is 53.1 Å². The second-order valence-corrected chi connectivity index (χ2v) is 22.1. The van der Waals surface area contributed by atoms with Crippen molar-refractivity contribution in [2.45, 2.75) is 188 Å². The molecule has 0 heterocycles. The molecular weight excluding hydrogens is 1000 g/mol. The summed E-state index contributed by atoms with van der Waals surface area (Å²) in [5, 5.41) is 30.1. The maximum Gasteiger partial charge on any atom is 0.344 e. The average Bonchev–Trinajstić information content (AvgIpc) is 3.85. The van der Waals surface area contributed by atoms with Crippen molar-refractivity contribution in [1.82, 2.24) is 0 Å². The Morgan fingerprint density at radius 2 is 1.25 bits per heavy atom. The van der Waals surface area contributed by atoms with Gasteiger partial charge in [0.25, 0.3) is 0 Å². The van der Waals surface area contributed by atoms with E-state index in [2.05, 4.69) is 52.8 Å². The molecule has 2 fully saturated rings. The summed E-state index contributed by atoms with van der Waals surface area (Å²) in [6.45, 7) is 11.3. The SMILES string of the molecule is CCCCCC(O)CCC1C(C)CC2Cc3c(cccc3OCC(=O)OCc3ccccc3)CC21.CCCCCC(O)CCC1C(OOCC(N)CC(C)C)CC2Cc3c(cccc3OCC(=O)O)CC21.[Pd]. The molecule has 404 valence electrons. The summed E-state index contributed by atoms with van der Waals surface area (Å²) < 4.78 is 17.0. The number of benzene rings is 3. The van der Waals surface area contributed by atoms with Gasteiger partial charge in [-0.05, 0) is 171 Å². The van der Waals surface area contributed by atoms with Crippen LogP contribution in [0.25, 0.3) is 0 Å². The molecule has 0 radical (unpaired) electrons. The molecule has 11 nitrogen and oxygen atoms in total. The molecule has 3 aromatic rings. The minimum Gasteiger partial charge on any atom is -0.482 e. The monoisotopic (exact) mass is 1090 g/mol. The smallest absolute Gasteiger partial charge is 0.344 e. The fourth-order valence-electron chi connectivity index (χ4n) is 12.6. The first-order chi connectivity index (χ1) is 34.3. The maximum atomic E-state index is 12.3. The normalized spacial score (nSPS) is 24.0. The summed E-state index contributed by atoms with van der Waals surface area (Å²) in [7, 11) is 0. The maximum absolute atomic E-state index is 12.3. The number of carboxylic acid groups (broad SMARTS) is 1. The Hall–Kier alpha value is -3.34. The molecule has 0 spiro atoms. The molecule has 72 heavy (non-hydrogen) atoms. The topological polar surface area (TPSA) is 167 Å². The molecule has 0 bridgehead atoms. The Balaban J connectivity index is 0.000000264. The van der Waals surface area contributed by atoms with Gasteiger partial charge >= 0.3 is 11.9 Å². The van der Waals surface area contributed by atoms with Crippen LogP contribution in [-0.2, 0) is 76.8 Å². The van der Waals surface area contributed by atoms with E-state index in [-0.39, 0.29) is 70.6 Å². The summed E-state index contributed by atoms with van der Waals surface area (Å²) in [5.41, 5.74) is 12.2. The summed E-state index contributed by atoms with van der Waals surface area (Å²) in [6.07, 6.45) is 18.9. The molecule has 4 aliphatic rings. The fourth-order valence-corrected chi connectivity index (χ4v) is 12.6. The van der Waals surface area contributed by atoms with Crippen molar-refractivity contribution in [2.75, 3.05) is 19.8 Å². The quantitative estimate of drug-likeness (QED) is 0.0180. The first-order valence-corrected chi connectivity index (χ1v) is 27.6. The predicted octanol–water partition coefficient (Wildman–Crippen LogP) is 11.4. The first-order valence-electron chi connectivity index (χ1n) is 27.6. The van der Waals surface area contributed by atoms with Crippen molar-refractivity contribution < 1.29 is 69.3 Å². The van der Waals surface area contributed by atoms with E-state index in [1.807, 2.05) is 48.5 Å². The molecule has 0 saturated heterocycles. The van der Waals surface area contributed by atoms with Crippen LogP contribution in [0.4, 0.5) is 0 Å². The number of aliphatic hydroxyl groups is 2. The number of carbonyl (C=O) groups excluding carboxylic acids is 1. The van der Waals surface area contributed by atoms with Gasteiger partial charge in [0.05, 0.1) is 24.9 Å². The van der Waals surface area contributed by atoms with Crippen LogP contribution in [0.5, 0.6) is 11.5 Å². The number of carboxylic acids is 1. The number of carbonyl (C=O) groups is 2. The molecule has 12 heteroatoms. The number of ether oxygens (including phenoxy) is 3. The number of unbranched alkanes of at least 4 members (excludes halogenated alkanes) is 4. The van der Waals surface area contributed by atoms with Crippen LogP contribution in [0.3, 0.4) is 0 Å². The number of fused-ring (bicyclic) bond motifs is 4. The van der Waals surface area contributed by atoms with E-state index in [4.69, 9.17) is 34.8 Å². The van der Waals surface area contributed by atoms with E-state index in [1.165, 1.54) is 36.0 Å². The van der Waals surface area contributed by atoms with Gasteiger partial charge in [-0.15, -0.1) is 0 Å². The molecule has 11 atom stereocenters. The third-order valence-electron chi connectivity index (χ3n) is 16.2. The number of rotatable bonds is 28. The average molecular weight is 1090 g/mol. The van der Waals surface area contributed by atoms with Crippen LogP contribution in [-0.4, -0.2) is 71.4 Å². The van der Waals surface area contributed by atoms with Gasteiger partial charge in [-0.2, -0.15) is 0 Å². The molecule has 5 N–H and O–H groups in total. The molecule has 4 aliphatic carbocycles. The van der Waals surface area contributed by atoms with Gasteiger partial charge in [-0.1, -0.05) is 128 Å². The standard InChI is InChI=1S/C31H42O4.C29H47NO6.Pd/c1-3-4-6-13-26(32)15-16-27-22(2)17-25-19-29-24(18-28(25)27)12-9-14-30(29)34-21-31(33)35-20-23-10-7-5-8-11-23;1-4-5-6-9-23(31)11-12-24-25-14-20-8-7-10-27(34-18-29(32)33)26(20)15-21(25)16-28(24)36-35-17-22(30)13-19(2)3;/h5,7-12,14,22,25-28,32H,3-4,6,13,15-21H2,1-2H3;7-8,10,19,21-25,28,31H,4-6,9,11-18,30H2,1-3H3,(H,32,33);. The molecule has 0 aliphatic heterocycles. The second kappa shape index (κ2) is 30.9. The Morgan fingerprint density at radius 1 is 0.694 bits per heavy atom. The number of nitrogens with two attached hydrogens (primary N) is 1. The molecule has 3 aromatic carbocycles. The number of esters is 1. The van der Waals surface area contributed by atoms with E-state index < -0.39 is 5.97 Å². The van der Waals surface area contributed by atoms with E-state index in [9.17, 15) is 19.8 Å². The number of hydrogen-bond donors (Lipinski definition) is 4. The predicted molar refractivity (Wildman–Crippen MR) is 279 cm³/mol. The van der Waals surface area contributed by atoms with Gasteiger partial charge in [0.15, 0.2) is 13.2 Å². The molecular formula is C60H89NO10Pd. The van der Waals surface area contributed by atoms with Crippen molar-refractivity contribution >= 4 is 11.9 Å². The zero-order chi connectivity index (χ0) is 50.7. The van der Waals surface area contributed by atoms with Crippen molar-refractivity contribution in [3.8, 4) is 11.5 Å². The number of hydrogen-bond acceptors (Lipinski definition) is 10. The zero-order valence-corrected chi connectivity index (χ0v) is 45.7. The summed E-state index contributed by atoms with van der Waals surface area (Å²) in [6, 6.07) is 21.9. The summed E-state index contributed by atoms with van der Waals surface area (Å²) >= 11 is 0. The number of aliphatic hydroxyl groups excluding tert-OH is 2. The first kappa shape index (κ1) is 59.5. The van der Waals surface area contributed by atoms with Crippen LogP contribution < -0.4 is 15.2 Å². The molecule has 11 unspecified atom stereocenters. The summed E-state index contributed by atoms with van der Waals surface area (Å²) in [4.78, 5) is 35.0. The van der Waals surface area contributed by atoms with Crippen molar-refractivity contribution in [1.29, 1.82) is 0 Å². The van der Waals surface area contributed by atoms with E-state index in [0.717, 1.165) is 120 Å². The fraction of sp³-hybridized carbons (Fsp3) is 0.667. The van der Waals surface area contributed by atoms with Gasteiger partial charge in [0.1, 0.15) is 18.1 Å². The van der Waals surface area contributed by atoms with Crippen LogP contribution in [0.1, 0.15) is 159 Å². The van der Waals surface area contributed by atoms with Gasteiger partial charge in [0.2, 0.25) is 0 Å².